The lowest BCUT2D eigenvalue weighted by molar-refractivity contribution is 0.0742. The average molecular weight is 340 g/mol. The summed E-state index contributed by atoms with van der Waals surface area (Å²) < 4.78 is 0.769. The Morgan fingerprint density at radius 1 is 1.42 bits per heavy atom. The van der Waals surface area contributed by atoms with Crippen LogP contribution in [0.25, 0.3) is 0 Å². The maximum atomic E-state index is 12.4. The number of amides is 1. The SMILES string of the molecule is CC(c1cccs1)N(C)C(=O)c1cc(Br)ccc1O. The molecule has 1 amide bonds. The van der Waals surface area contributed by atoms with E-state index in [0.29, 0.717) is 5.56 Å². The van der Waals surface area contributed by atoms with Crippen molar-refractivity contribution in [3.05, 3.63) is 50.6 Å². The van der Waals surface area contributed by atoms with E-state index in [2.05, 4.69) is 15.9 Å². The lowest BCUT2D eigenvalue weighted by Crippen LogP contribution is -2.29. The van der Waals surface area contributed by atoms with E-state index in [1.54, 1.807) is 35.4 Å². The fraction of sp³-hybridized carbons (Fsp3) is 0.214. The van der Waals surface area contributed by atoms with Crippen LogP contribution in [0.1, 0.15) is 28.2 Å². The predicted molar refractivity (Wildman–Crippen MR) is 80.6 cm³/mol. The summed E-state index contributed by atoms with van der Waals surface area (Å²) in [5, 5.41) is 11.8. The monoisotopic (exact) mass is 339 g/mol. The van der Waals surface area contributed by atoms with Gasteiger partial charge in [-0.3, -0.25) is 4.79 Å². The summed E-state index contributed by atoms with van der Waals surface area (Å²) in [6.07, 6.45) is 0. The van der Waals surface area contributed by atoms with Crippen LogP contribution in [0, 0.1) is 0 Å². The minimum Gasteiger partial charge on any atom is -0.507 e. The van der Waals surface area contributed by atoms with E-state index in [-0.39, 0.29) is 17.7 Å². The van der Waals surface area contributed by atoms with Crippen molar-refractivity contribution in [2.75, 3.05) is 7.05 Å². The Bertz CT molecular complexity index is 583. The second kappa shape index (κ2) is 5.75. The molecule has 1 aromatic carbocycles. The van der Waals surface area contributed by atoms with Gasteiger partial charge in [-0.1, -0.05) is 22.0 Å². The number of aromatic hydroxyl groups is 1. The molecule has 5 heteroatoms. The molecule has 0 radical (unpaired) electrons. The number of carbonyl (C=O) groups is 1. The summed E-state index contributed by atoms with van der Waals surface area (Å²) >= 11 is 4.92. The number of hydrogen-bond acceptors (Lipinski definition) is 3. The molecule has 0 aliphatic rings. The lowest BCUT2D eigenvalue weighted by atomic mass is 10.1. The summed E-state index contributed by atoms with van der Waals surface area (Å²) in [6.45, 7) is 1.97. The Kier molecular flexibility index (Phi) is 4.27. The predicted octanol–water partition coefficient (Wildman–Crippen LogP) is 4.05. The van der Waals surface area contributed by atoms with Crippen molar-refractivity contribution in [1.82, 2.24) is 4.90 Å². The number of benzene rings is 1. The van der Waals surface area contributed by atoms with Crippen LogP contribution < -0.4 is 0 Å². The molecule has 1 unspecified atom stereocenters. The van der Waals surface area contributed by atoms with Gasteiger partial charge in [-0.2, -0.15) is 0 Å². The van der Waals surface area contributed by atoms with Gasteiger partial charge < -0.3 is 10.0 Å². The van der Waals surface area contributed by atoms with Gasteiger partial charge in [0.2, 0.25) is 0 Å². The quantitative estimate of drug-likeness (QED) is 0.916. The van der Waals surface area contributed by atoms with E-state index in [9.17, 15) is 9.90 Å². The zero-order valence-corrected chi connectivity index (χ0v) is 13.0. The molecule has 19 heavy (non-hydrogen) atoms. The molecule has 2 aromatic rings. The molecule has 0 fully saturated rings. The highest BCUT2D eigenvalue weighted by Crippen LogP contribution is 2.28. The van der Waals surface area contributed by atoms with Gasteiger partial charge in [0.05, 0.1) is 11.6 Å². The molecule has 1 atom stereocenters. The highest BCUT2D eigenvalue weighted by molar-refractivity contribution is 9.10. The van der Waals surface area contributed by atoms with Gasteiger partial charge >= 0.3 is 0 Å². The molecule has 1 heterocycles. The molecule has 0 bridgehead atoms. The minimum atomic E-state index is -0.195. The third-order valence-electron chi connectivity index (χ3n) is 3.05. The minimum absolute atomic E-state index is 0.00145. The number of nitrogens with zero attached hydrogens (tertiary/aromatic N) is 1. The Labute approximate surface area is 124 Å². The smallest absolute Gasteiger partial charge is 0.257 e. The maximum Gasteiger partial charge on any atom is 0.257 e. The molecule has 0 spiro atoms. The fourth-order valence-electron chi connectivity index (χ4n) is 1.77. The molecular weight excluding hydrogens is 326 g/mol. The van der Waals surface area contributed by atoms with Crippen LogP contribution in [0.5, 0.6) is 5.75 Å². The van der Waals surface area contributed by atoms with Gasteiger partial charge in [-0.25, -0.2) is 0 Å². The average Bonchev–Trinajstić information content (AvgIpc) is 2.93. The third kappa shape index (κ3) is 2.98. The van der Waals surface area contributed by atoms with E-state index >= 15 is 0 Å². The van der Waals surface area contributed by atoms with Gasteiger partial charge in [0.1, 0.15) is 5.75 Å². The van der Waals surface area contributed by atoms with Gasteiger partial charge in [-0.15, -0.1) is 11.3 Å². The van der Waals surface area contributed by atoms with Crippen LogP contribution in [0.4, 0.5) is 0 Å². The largest absolute Gasteiger partial charge is 0.507 e. The first-order valence-corrected chi connectivity index (χ1v) is 7.47. The van der Waals surface area contributed by atoms with E-state index in [1.165, 1.54) is 6.07 Å². The van der Waals surface area contributed by atoms with Crippen molar-refractivity contribution in [1.29, 1.82) is 0 Å². The Balaban J connectivity index is 2.26. The number of phenolic OH excluding ortho intramolecular Hbond substituents is 1. The second-order valence-electron chi connectivity index (χ2n) is 4.27. The number of rotatable bonds is 3. The van der Waals surface area contributed by atoms with Crippen molar-refractivity contribution in [2.45, 2.75) is 13.0 Å². The van der Waals surface area contributed by atoms with Gasteiger partial charge in [-0.05, 0) is 36.6 Å². The standard InChI is InChI=1S/C14H14BrNO2S/c1-9(13-4-3-7-19-13)16(2)14(18)11-8-10(15)5-6-12(11)17/h3-9,17H,1-2H3. The fourth-order valence-corrected chi connectivity index (χ4v) is 2.95. The van der Waals surface area contributed by atoms with Crippen LogP contribution in [-0.4, -0.2) is 23.0 Å². The molecular formula is C14H14BrNO2S. The molecule has 0 aliphatic heterocycles. The Morgan fingerprint density at radius 3 is 2.79 bits per heavy atom. The van der Waals surface area contributed by atoms with Gasteiger partial charge in [0, 0.05) is 16.4 Å². The number of carbonyl (C=O) groups excluding carboxylic acids is 1. The molecule has 0 saturated heterocycles. The van der Waals surface area contributed by atoms with Gasteiger partial charge in [0.25, 0.3) is 5.91 Å². The van der Waals surface area contributed by atoms with Gasteiger partial charge in [0.15, 0.2) is 0 Å². The van der Waals surface area contributed by atoms with Crippen molar-refractivity contribution in [2.24, 2.45) is 0 Å². The summed E-state index contributed by atoms with van der Waals surface area (Å²) in [4.78, 5) is 15.2. The Morgan fingerprint density at radius 2 is 2.16 bits per heavy atom. The number of thiophene rings is 1. The van der Waals surface area contributed by atoms with Crippen LogP contribution in [0.15, 0.2) is 40.2 Å². The normalized spacial score (nSPS) is 12.2. The van der Waals surface area contributed by atoms with E-state index < -0.39 is 0 Å². The van der Waals surface area contributed by atoms with Crippen LogP contribution >= 0.6 is 27.3 Å². The van der Waals surface area contributed by atoms with Crippen molar-refractivity contribution >= 4 is 33.2 Å². The zero-order valence-electron chi connectivity index (χ0n) is 10.6. The molecule has 1 aromatic heterocycles. The molecule has 0 saturated carbocycles. The van der Waals surface area contributed by atoms with E-state index in [0.717, 1.165) is 9.35 Å². The first kappa shape index (κ1) is 14.1. The third-order valence-corrected chi connectivity index (χ3v) is 4.58. The van der Waals surface area contributed by atoms with Crippen molar-refractivity contribution in [3.63, 3.8) is 0 Å². The van der Waals surface area contributed by atoms with Crippen molar-refractivity contribution < 1.29 is 9.90 Å². The van der Waals surface area contributed by atoms with Crippen molar-refractivity contribution in [3.8, 4) is 5.75 Å². The number of hydrogen-bond donors (Lipinski definition) is 1. The summed E-state index contributed by atoms with van der Waals surface area (Å²) in [5.74, 6) is -0.196. The van der Waals surface area contributed by atoms with Crippen LogP contribution in [0.2, 0.25) is 0 Å². The Hall–Kier alpha value is -1.33. The second-order valence-corrected chi connectivity index (χ2v) is 6.16. The molecule has 3 nitrogen and oxygen atoms in total. The zero-order chi connectivity index (χ0) is 14.0. The van der Waals surface area contributed by atoms with E-state index in [4.69, 9.17) is 0 Å². The van der Waals surface area contributed by atoms with Crippen LogP contribution in [-0.2, 0) is 0 Å². The maximum absolute atomic E-state index is 12.4. The summed E-state index contributed by atoms with van der Waals surface area (Å²) in [7, 11) is 1.74. The first-order chi connectivity index (χ1) is 9.00. The first-order valence-electron chi connectivity index (χ1n) is 5.79. The number of halogens is 1. The molecule has 0 aliphatic carbocycles. The van der Waals surface area contributed by atoms with Crippen LogP contribution in [0.3, 0.4) is 0 Å². The summed E-state index contributed by atoms with van der Waals surface area (Å²) in [6, 6.07) is 8.79. The lowest BCUT2D eigenvalue weighted by Gasteiger charge is -2.24. The highest BCUT2D eigenvalue weighted by Gasteiger charge is 2.22. The molecule has 100 valence electrons. The van der Waals surface area contributed by atoms with E-state index in [1.807, 2.05) is 24.4 Å². The topological polar surface area (TPSA) is 40.5 Å². The number of phenols is 1. The molecule has 2 rings (SSSR count). The summed E-state index contributed by atoms with van der Waals surface area (Å²) in [5.41, 5.74) is 0.306. The highest BCUT2D eigenvalue weighted by atomic mass is 79.9. The molecule has 1 N–H and O–H groups in total.